The fraction of sp³-hybridized carbons (Fsp3) is 0.500. The van der Waals surface area contributed by atoms with Crippen molar-refractivity contribution in [3.63, 3.8) is 0 Å². The van der Waals surface area contributed by atoms with Crippen LogP contribution in [-0.4, -0.2) is 31.8 Å². The van der Waals surface area contributed by atoms with E-state index in [-0.39, 0.29) is 18.3 Å². The van der Waals surface area contributed by atoms with E-state index in [1.807, 2.05) is 30.5 Å². The molecule has 2 rings (SSSR count). The van der Waals surface area contributed by atoms with Gasteiger partial charge in [-0.3, -0.25) is 4.79 Å². The number of rotatable bonds is 5. The molecule has 1 saturated heterocycles. The number of amides is 1. The molecule has 0 spiro atoms. The Kier molecular flexibility index (Phi) is 7.28. The van der Waals surface area contributed by atoms with Crippen molar-refractivity contribution in [3.8, 4) is 0 Å². The van der Waals surface area contributed by atoms with Gasteiger partial charge in [0.05, 0.1) is 0 Å². The van der Waals surface area contributed by atoms with Crippen LogP contribution in [0.25, 0.3) is 0 Å². The van der Waals surface area contributed by atoms with Crippen LogP contribution >= 0.6 is 24.2 Å². The lowest BCUT2D eigenvalue weighted by Gasteiger charge is -2.09. The van der Waals surface area contributed by atoms with Crippen LogP contribution in [0.3, 0.4) is 0 Å². The Balaban J connectivity index is 0.00000180. The number of nitrogens with one attached hydrogen (secondary N) is 2. The molecule has 1 unspecified atom stereocenters. The van der Waals surface area contributed by atoms with Gasteiger partial charge in [-0.1, -0.05) is 0 Å². The molecule has 1 aromatic rings. The van der Waals surface area contributed by atoms with Crippen molar-refractivity contribution < 1.29 is 4.79 Å². The normalized spacial score (nSPS) is 17.8. The molecule has 19 heavy (non-hydrogen) atoms. The van der Waals surface area contributed by atoms with Gasteiger partial charge in [-0.2, -0.15) is 0 Å². The second-order valence-corrected chi connectivity index (χ2v) is 5.51. The summed E-state index contributed by atoms with van der Waals surface area (Å²) in [6.07, 6.45) is 4.34. The van der Waals surface area contributed by atoms with E-state index in [4.69, 9.17) is 0 Å². The van der Waals surface area contributed by atoms with Gasteiger partial charge < -0.3 is 10.6 Å². The van der Waals surface area contributed by atoms with E-state index in [0.717, 1.165) is 37.5 Å². The minimum Gasteiger partial charge on any atom is -0.352 e. The van der Waals surface area contributed by atoms with E-state index in [9.17, 15) is 4.79 Å². The van der Waals surface area contributed by atoms with Gasteiger partial charge in [0, 0.05) is 17.0 Å². The number of carbonyl (C=O) groups excluding carboxylic acids is 1. The Bertz CT molecular complexity index is 391. The van der Waals surface area contributed by atoms with E-state index in [1.165, 1.54) is 11.3 Å². The summed E-state index contributed by atoms with van der Waals surface area (Å²) in [6.45, 7) is 2.99. The van der Waals surface area contributed by atoms with Crippen molar-refractivity contribution in [2.75, 3.05) is 25.9 Å². The average Bonchev–Trinajstić information content (AvgIpc) is 2.92. The summed E-state index contributed by atoms with van der Waals surface area (Å²) in [7, 11) is 0. The standard InChI is InChI=1S/C14H20N2OS.ClH/c1-18-13-4-2-12(3-5-13)14(17)16-9-7-11-6-8-15-10-11;/h2-5,11,15H,6-10H2,1H3,(H,16,17);1H. The fourth-order valence-electron chi connectivity index (χ4n) is 2.20. The molecule has 0 aliphatic carbocycles. The third kappa shape index (κ3) is 5.05. The summed E-state index contributed by atoms with van der Waals surface area (Å²) < 4.78 is 0. The second kappa shape index (κ2) is 8.46. The number of benzene rings is 1. The zero-order chi connectivity index (χ0) is 12.8. The summed E-state index contributed by atoms with van der Waals surface area (Å²) in [6, 6.07) is 7.75. The zero-order valence-corrected chi connectivity index (χ0v) is 12.8. The highest BCUT2D eigenvalue weighted by atomic mass is 35.5. The van der Waals surface area contributed by atoms with Gasteiger partial charge in [-0.15, -0.1) is 24.2 Å². The molecule has 1 fully saturated rings. The lowest BCUT2D eigenvalue weighted by Crippen LogP contribution is -2.26. The zero-order valence-electron chi connectivity index (χ0n) is 11.1. The van der Waals surface area contributed by atoms with Gasteiger partial charge in [0.15, 0.2) is 0 Å². The van der Waals surface area contributed by atoms with E-state index < -0.39 is 0 Å². The summed E-state index contributed by atoms with van der Waals surface area (Å²) in [5.74, 6) is 0.762. The maximum atomic E-state index is 11.9. The van der Waals surface area contributed by atoms with Crippen molar-refractivity contribution in [2.24, 2.45) is 5.92 Å². The predicted molar refractivity (Wildman–Crippen MR) is 83.4 cm³/mol. The number of halogens is 1. The third-order valence-corrected chi connectivity index (χ3v) is 4.10. The third-order valence-electron chi connectivity index (χ3n) is 3.35. The van der Waals surface area contributed by atoms with Gasteiger partial charge >= 0.3 is 0 Å². The first-order chi connectivity index (χ1) is 8.79. The molecule has 0 bridgehead atoms. The summed E-state index contributed by atoms with van der Waals surface area (Å²) >= 11 is 1.69. The highest BCUT2D eigenvalue weighted by Crippen LogP contribution is 2.15. The molecule has 0 aromatic heterocycles. The number of hydrogen-bond donors (Lipinski definition) is 2. The first kappa shape index (κ1) is 16.3. The molecule has 1 atom stereocenters. The first-order valence-electron chi connectivity index (χ1n) is 6.42. The van der Waals surface area contributed by atoms with Crippen LogP contribution in [0.1, 0.15) is 23.2 Å². The number of hydrogen-bond acceptors (Lipinski definition) is 3. The summed E-state index contributed by atoms with van der Waals surface area (Å²) in [5, 5.41) is 6.33. The van der Waals surface area contributed by atoms with Crippen LogP contribution in [0.15, 0.2) is 29.2 Å². The van der Waals surface area contributed by atoms with Gasteiger partial charge in [0.2, 0.25) is 0 Å². The van der Waals surface area contributed by atoms with Crippen LogP contribution in [0.4, 0.5) is 0 Å². The largest absolute Gasteiger partial charge is 0.352 e. The highest BCUT2D eigenvalue weighted by molar-refractivity contribution is 7.98. The minimum atomic E-state index is 0. The fourth-order valence-corrected chi connectivity index (χ4v) is 2.60. The van der Waals surface area contributed by atoms with Crippen molar-refractivity contribution in [1.82, 2.24) is 10.6 Å². The van der Waals surface area contributed by atoms with Crippen molar-refractivity contribution >= 4 is 30.1 Å². The van der Waals surface area contributed by atoms with E-state index >= 15 is 0 Å². The van der Waals surface area contributed by atoms with Gasteiger partial charge in [-0.25, -0.2) is 0 Å². The molecule has 1 aromatic carbocycles. The Labute approximate surface area is 125 Å². The Morgan fingerprint density at radius 1 is 1.42 bits per heavy atom. The predicted octanol–water partition coefficient (Wildman–Crippen LogP) is 2.56. The average molecular weight is 301 g/mol. The van der Waals surface area contributed by atoms with Crippen molar-refractivity contribution in [3.05, 3.63) is 29.8 Å². The molecule has 1 amide bonds. The van der Waals surface area contributed by atoms with E-state index in [0.29, 0.717) is 0 Å². The molecule has 1 aliphatic heterocycles. The minimum absolute atomic E-state index is 0. The second-order valence-electron chi connectivity index (χ2n) is 4.63. The quantitative estimate of drug-likeness (QED) is 0.821. The van der Waals surface area contributed by atoms with Gasteiger partial charge in [0.25, 0.3) is 5.91 Å². The highest BCUT2D eigenvalue weighted by Gasteiger charge is 2.14. The van der Waals surface area contributed by atoms with Crippen LogP contribution in [0.5, 0.6) is 0 Å². The SMILES string of the molecule is CSc1ccc(C(=O)NCCC2CCNC2)cc1.Cl. The van der Waals surface area contributed by atoms with Gasteiger partial charge in [0.1, 0.15) is 0 Å². The van der Waals surface area contributed by atoms with Crippen LogP contribution in [-0.2, 0) is 0 Å². The van der Waals surface area contributed by atoms with Gasteiger partial charge in [-0.05, 0) is 62.4 Å². The number of carbonyl (C=O) groups is 1. The summed E-state index contributed by atoms with van der Waals surface area (Å²) in [4.78, 5) is 13.1. The molecule has 1 aliphatic rings. The van der Waals surface area contributed by atoms with Crippen LogP contribution in [0, 0.1) is 5.92 Å². The topological polar surface area (TPSA) is 41.1 Å². The monoisotopic (exact) mass is 300 g/mol. The molecule has 0 saturated carbocycles. The van der Waals surface area contributed by atoms with E-state index in [2.05, 4.69) is 10.6 Å². The van der Waals surface area contributed by atoms with Crippen LogP contribution in [0.2, 0.25) is 0 Å². The Morgan fingerprint density at radius 2 is 2.16 bits per heavy atom. The molecule has 3 nitrogen and oxygen atoms in total. The Morgan fingerprint density at radius 3 is 2.74 bits per heavy atom. The van der Waals surface area contributed by atoms with Crippen LogP contribution < -0.4 is 10.6 Å². The molecule has 106 valence electrons. The van der Waals surface area contributed by atoms with E-state index in [1.54, 1.807) is 11.8 Å². The summed E-state index contributed by atoms with van der Waals surface area (Å²) in [5.41, 5.74) is 0.748. The first-order valence-corrected chi connectivity index (χ1v) is 7.65. The smallest absolute Gasteiger partial charge is 0.251 e. The molecule has 0 radical (unpaired) electrons. The number of thioether (sulfide) groups is 1. The lowest BCUT2D eigenvalue weighted by atomic mass is 10.1. The maximum absolute atomic E-state index is 11.9. The molecule has 1 heterocycles. The molecular weight excluding hydrogens is 280 g/mol. The molecule has 5 heteroatoms. The van der Waals surface area contributed by atoms with Crippen molar-refractivity contribution in [1.29, 1.82) is 0 Å². The lowest BCUT2D eigenvalue weighted by molar-refractivity contribution is 0.0951. The molecule has 2 N–H and O–H groups in total. The maximum Gasteiger partial charge on any atom is 0.251 e. The van der Waals surface area contributed by atoms with Crippen molar-refractivity contribution in [2.45, 2.75) is 17.7 Å². The Hall–Kier alpha value is -0.710. The molecular formula is C14H21ClN2OS.